The lowest BCUT2D eigenvalue weighted by atomic mass is 10.2. The van der Waals surface area contributed by atoms with Crippen molar-refractivity contribution in [3.8, 4) is 0 Å². The second-order valence-electron chi connectivity index (χ2n) is 5.03. The Hall–Kier alpha value is -2.32. The molecule has 0 N–H and O–H groups in total. The van der Waals surface area contributed by atoms with Gasteiger partial charge in [0, 0.05) is 33.2 Å². The Bertz CT molecular complexity index is 563. The second-order valence-corrected chi connectivity index (χ2v) is 5.03. The van der Waals surface area contributed by atoms with Crippen LogP contribution in [0, 0.1) is 10.1 Å². The van der Waals surface area contributed by atoms with E-state index in [4.69, 9.17) is 4.74 Å². The Labute approximate surface area is 128 Å². The van der Waals surface area contributed by atoms with E-state index in [-0.39, 0.29) is 16.7 Å². The Kier molecular flexibility index (Phi) is 4.84. The number of hydrogen-bond acceptors (Lipinski definition) is 6. The van der Waals surface area contributed by atoms with Gasteiger partial charge in [0.25, 0.3) is 0 Å². The lowest BCUT2D eigenvalue weighted by Crippen LogP contribution is -2.49. The Morgan fingerprint density at radius 1 is 1.32 bits per heavy atom. The minimum absolute atomic E-state index is 0.0644. The third-order valence-corrected chi connectivity index (χ3v) is 3.69. The van der Waals surface area contributed by atoms with Gasteiger partial charge in [0.2, 0.25) is 5.82 Å². The van der Waals surface area contributed by atoms with Gasteiger partial charge >= 0.3 is 11.8 Å². The molecule has 1 aromatic heterocycles. The second kappa shape index (κ2) is 6.63. The SMILES string of the molecule is CCOC(=O)N1CCN(c2c([N+](=O)[O-])c(CC)nn2C)CC1. The molecule has 122 valence electrons. The summed E-state index contributed by atoms with van der Waals surface area (Å²) < 4.78 is 6.52. The predicted octanol–water partition coefficient (Wildman–Crippen LogP) is 1.17. The van der Waals surface area contributed by atoms with Crippen LogP contribution >= 0.6 is 0 Å². The highest BCUT2D eigenvalue weighted by atomic mass is 16.6. The van der Waals surface area contributed by atoms with Crippen molar-refractivity contribution < 1.29 is 14.5 Å². The number of aryl methyl sites for hydroxylation is 2. The fourth-order valence-electron chi connectivity index (χ4n) is 2.65. The van der Waals surface area contributed by atoms with Crippen LogP contribution in [0.15, 0.2) is 0 Å². The minimum atomic E-state index is -0.376. The average molecular weight is 311 g/mol. The van der Waals surface area contributed by atoms with Crippen LogP contribution in [0.1, 0.15) is 19.5 Å². The summed E-state index contributed by atoms with van der Waals surface area (Å²) in [6.07, 6.45) is 0.170. The van der Waals surface area contributed by atoms with E-state index in [1.54, 1.807) is 23.6 Å². The van der Waals surface area contributed by atoms with Crippen LogP contribution in [0.3, 0.4) is 0 Å². The molecule has 2 heterocycles. The zero-order chi connectivity index (χ0) is 16.3. The van der Waals surface area contributed by atoms with Crippen molar-refractivity contribution in [3.05, 3.63) is 15.8 Å². The van der Waals surface area contributed by atoms with Crippen LogP contribution in [0.5, 0.6) is 0 Å². The monoisotopic (exact) mass is 311 g/mol. The van der Waals surface area contributed by atoms with Gasteiger partial charge in [-0.05, 0) is 13.3 Å². The van der Waals surface area contributed by atoms with E-state index in [1.165, 1.54) is 0 Å². The molecule has 0 saturated carbocycles. The van der Waals surface area contributed by atoms with Gasteiger partial charge < -0.3 is 14.5 Å². The van der Waals surface area contributed by atoms with Crippen molar-refractivity contribution in [1.82, 2.24) is 14.7 Å². The molecule has 1 aromatic rings. The third kappa shape index (κ3) is 2.97. The standard InChI is InChI=1S/C13H21N5O4/c1-4-10-11(18(20)21)12(15(3)14-10)16-6-8-17(9-7-16)13(19)22-5-2/h4-9H2,1-3H3. The van der Waals surface area contributed by atoms with E-state index in [1.807, 2.05) is 11.8 Å². The number of nitrogens with zero attached hydrogens (tertiary/aromatic N) is 5. The maximum Gasteiger partial charge on any atom is 0.409 e. The first-order valence-electron chi connectivity index (χ1n) is 7.36. The summed E-state index contributed by atoms with van der Waals surface area (Å²) in [4.78, 5) is 26.2. The van der Waals surface area contributed by atoms with E-state index in [0.717, 1.165) is 0 Å². The molecule has 1 fully saturated rings. The smallest absolute Gasteiger partial charge is 0.409 e. The van der Waals surface area contributed by atoms with Gasteiger partial charge in [-0.3, -0.25) is 10.1 Å². The van der Waals surface area contributed by atoms with E-state index < -0.39 is 0 Å². The Balaban J connectivity index is 2.16. The highest BCUT2D eigenvalue weighted by molar-refractivity contribution is 5.68. The fourth-order valence-corrected chi connectivity index (χ4v) is 2.65. The molecule has 1 saturated heterocycles. The molecule has 0 radical (unpaired) electrons. The van der Waals surface area contributed by atoms with Gasteiger partial charge in [-0.25, -0.2) is 9.48 Å². The van der Waals surface area contributed by atoms with Gasteiger partial charge in [0.05, 0.1) is 11.5 Å². The maximum absolute atomic E-state index is 11.7. The topological polar surface area (TPSA) is 93.7 Å². The zero-order valence-electron chi connectivity index (χ0n) is 13.1. The summed E-state index contributed by atoms with van der Waals surface area (Å²) >= 11 is 0. The van der Waals surface area contributed by atoms with Crippen LogP contribution in [0.4, 0.5) is 16.3 Å². The third-order valence-electron chi connectivity index (χ3n) is 3.69. The largest absolute Gasteiger partial charge is 0.450 e. The van der Waals surface area contributed by atoms with Gasteiger partial charge in [0.1, 0.15) is 5.69 Å². The summed E-state index contributed by atoms with van der Waals surface area (Å²) in [5.41, 5.74) is 0.546. The molecule has 22 heavy (non-hydrogen) atoms. The van der Waals surface area contributed by atoms with Crippen LogP contribution in [-0.2, 0) is 18.2 Å². The van der Waals surface area contributed by atoms with Gasteiger partial charge in [0.15, 0.2) is 0 Å². The lowest BCUT2D eigenvalue weighted by Gasteiger charge is -2.34. The first-order valence-corrected chi connectivity index (χ1v) is 7.36. The molecule has 1 aliphatic rings. The van der Waals surface area contributed by atoms with Crippen LogP contribution < -0.4 is 4.90 Å². The van der Waals surface area contributed by atoms with Gasteiger partial charge in [-0.2, -0.15) is 5.10 Å². The summed E-state index contributed by atoms with van der Waals surface area (Å²) in [5.74, 6) is 0.505. The first-order chi connectivity index (χ1) is 10.5. The highest BCUT2D eigenvalue weighted by Crippen LogP contribution is 2.32. The molecule has 0 spiro atoms. The zero-order valence-corrected chi connectivity index (χ0v) is 13.1. The normalized spacial score (nSPS) is 15.0. The molecule has 0 unspecified atom stereocenters. The van der Waals surface area contributed by atoms with Crippen molar-refractivity contribution in [2.24, 2.45) is 7.05 Å². The van der Waals surface area contributed by atoms with Crippen LogP contribution in [0.2, 0.25) is 0 Å². The van der Waals surface area contributed by atoms with E-state index in [2.05, 4.69) is 5.10 Å². The summed E-state index contributed by atoms with van der Waals surface area (Å²) in [5, 5.41) is 15.6. The molecule has 0 atom stereocenters. The molecule has 0 aliphatic carbocycles. The number of aromatic nitrogens is 2. The number of anilines is 1. The number of piperazine rings is 1. The number of nitro groups is 1. The summed E-state index contributed by atoms with van der Waals surface area (Å²) in [7, 11) is 1.71. The van der Waals surface area contributed by atoms with Crippen LogP contribution in [0.25, 0.3) is 0 Å². The molecular weight excluding hydrogens is 290 g/mol. The molecule has 9 heteroatoms. The molecule has 1 amide bonds. The van der Waals surface area contributed by atoms with Crippen LogP contribution in [-0.4, -0.2) is 58.5 Å². The van der Waals surface area contributed by atoms with Crippen molar-refractivity contribution in [2.45, 2.75) is 20.3 Å². The highest BCUT2D eigenvalue weighted by Gasteiger charge is 2.32. The number of carbonyl (C=O) groups excluding carboxylic acids is 1. The number of rotatable bonds is 4. The van der Waals surface area contributed by atoms with Crippen molar-refractivity contribution >= 4 is 17.6 Å². The predicted molar refractivity (Wildman–Crippen MR) is 80.0 cm³/mol. The Morgan fingerprint density at radius 2 is 1.95 bits per heavy atom. The van der Waals surface area contributed by atoms with E-state index in [0.29, 0.717) is 50.7 Å². The van der Waals surface area contributed by atoms with Crippen molar-refractivity contribution in [1.29, 1.82) is 0 Å². The van der Waals surface area contributed by atoms with Crippen molar-refractivity contribution in [2.75, 3.05) is 37.7 Å². The van der Waals surface area contributed by atoms with Gasteiger partial charge in [-0.1, -0.05) is 6.92 Å². The lowest BCUT2D eigenvalue weighted by molar-refractivity contribution is -0.384. The Morgan fingerprint density at radius 3 is 2.45 bits per heavy atom. The van der Waals surface area contributed by atoms with E-state index >= 15 is 0 Å². The number of ether oxygens (including phenoxy) is 1. The van der Waals surface area contributed by atoms with Gasteiger partial charge in [-0.15, -0.1) is 0 Å². The van der Waals surface area contributed by atoms with Crippen molar-refractivity contribution in [3.63, 3.8) is 0 Å². The quantitative estimate of drug-likeness (QED) is 0.612. The average Bonchev–Trinajstić information content (AvgIpc) is 2.84. The molecular formula is C13H21N5O4. The minimum Gasteiger partial charge on any atom is -0.450 e. The number of hydrogen-bond donors (Lipinski definition) is 0. The summed E-state index contributed by atoms with van der Waals surface area (Å²) in [6, 6.07) is 0. The molecule has 1 aliphatic heterocycles. The fraction of sp³-hybridized carbons (Fsp3) is 0.692. The number of amides is 1. The maximum atomic E-state index is 11.7. The summed E-state index contributed by atoms with van der Waals surface area (Å²) in [6.45, 7) is 5.93. The van der Waals surface area contributed by atoms with E-state index in [9.17, 15) is 14.9 Å². The first kappa shape index (κ1) is 16.1. The molecule has 2 rings (SSSR count). The molecule has 0 aromatic carbocycles. The number of carbonyl (C=O) groups is 1. The molecule has 0 bridgehead atoms. The molecule has 9 nitrogen and oxygen atoms in total.